The highest BCUT2D eigenvalue weighted by Gasteiger charge is 2.60. The van der Waals surface area contributed by atoms with Crippen molar-refractivity contribution >= 4 is 29.6 Å². The van der Waals surface area contributed by atoms with Gasteiger partial charge in [-0.2, -0.15) is 0 Å². The van der Waals surface area contributed by atoms with Crippen LogP contribution in [0, 0.1) is 29.6 Å². The first-order chi connectivity index (χ1) is 22.4. The largest absolute Gasteiger partial charge is 0.458 e. The van der Waals surface area contributed by atoms with Crippen LogP contribution in [0.3, 0.4) is 0 Å². The molecule has 0 bridgehead atoms. The molecular formula is C33H53N5O10. The maximum Gasteiger partial charge on any atom is 0.411 e. The molecule has 0 N–H and O–H groups in total. The van der Waals surface area contributed by atoms with Crippen LogP contribution >= 0.6 is 0 Å². The zero-order valence-corrected chi connectivity index (χ0v) is 30.1. The summed E-state index contributed by atoms with van der Waals surface area (Å²) < 4.78 is 30.3. The van der Waals surface area contributed by atoms with E-state index in [1.54, 1.807) is 34.6 Å². The van der Waals surface area contributed by atoms with Gasteiger partial charge in [-0.05, 0) is 65.6 Å². The number of nitrogens with zero attached hydrogens (tertiary/aromatic N) is 5. The summed E-state index contributed by atoms with van der Waals surface area (Å²) in [6.07, 6.45) is -3.69. The zero-order chi connectivity index (χ0) is 36.2. The van der Waals surface area contributed by atoms with Crippen molar-refractivity contribution in [2.75, 3.05) is 20.8 Å². The van der Waals surface area contributed by atoms with E-state index in [9.17, 15) is 24.0 Å². The summed E-state index contributed by atoms with van der Waals surface area (Å²) in [5.74, 6) is -5.83. The van der Waals surface area contributed by atoms with Gasteiger partial charge in [-0.15, -0.1) is 0 Å². The number of hydrogen-bond acceptors (Lipinski definition) is 12. The van der Waals surface area contributed by atoms with Crippen molar-refractivity contribution in [2.45, 2.75) is 130 Å². The molecule has 13 atom stereocenters. The van der Waals surface area contributed by atoms with E-state index in [0.717, 1.165) is 0 Å². The monoisotopic (exact) mass is 679 g/mol. The number of rotatable bonds is 7. The molecule has 0 aromatic heterocycles. The van der Waals surface area contributed by atoms with Crippen molar-refractivity contribution in [2.24, 2.45) is 34.7 Å². The third kappa shape index (κ3) is 8.12. The van der Waals surface area contributed by atoms with Gasteiger partial charge in [-0.3, -0.25) is 24.1 Å². The molecule has 0 aromatic carbocycles. The average molecular weight is 680 g/mol. The Bertz CT molecular complexity index is 1270. The number of carbonyl (C=O) groups is 5. The van der Waals surface area contributed by atoms with E-state index in [2.05, 4.69) is 10.0 Å². The van der Waals surface area contributed by atoms with Gasteiger partial charge in [0.15, 0.2) is 23.8 Å². The smallest absolute Gasteiger partial charge is 0.411 e. The fourth-order valence-electron chi connectivity index (χ4n) is 7.78. The van der Waals surface area contributed by atoms with Crippen molar-refractivity contribution in [3.05, 3.63) is 10.4 Å². The molecule has 270 valence electrons. The third-order valence-corrected chi connectivity index (χ3v) is 10.3. The number of likely N-dealkylation sites (N-methyl/N-ethyl adjacent to an activating group) is 1. The second-order valence-corrected chi connectivity index (χ2v) is 14.1. The highest BCUT2D eigenvalue weighted by Crippen LogP contribution is 2.42. The Morgan fingerprint density at radius 3 is 2.25 bits per heavy atom. The molecule has 0 spiro atoms. The molecular weight excluding hydrogens is 626 g/mol. The van der Waals surface area contributed by atoms with Crippen LogP contribution in [0.15, 0.2) is 5.11 Å². The third-order valence-electron chi connectivity index (χ3n) is 10.3. The quantitative estimate of drug-likeness (QED) is 0.0934. The van der Waals surface area contributed by atoms with Gasteiger partial charge in [-0.25, -0.2) is 4.79 Å². The summed E-state index contributed by atoms with van der Waals surface area (Å²) in [4.78, 5) is 73.1. The second-order valence-electron chi connectivity index (χ2n) is 14.1. The summed E-state index contributed by atoms with van der Waals surface area (Å²) in [5.41, 5.74) is 7.52. The van der Waals surface area contributed by atoms with Gasteiger partial charge in [0.25, 0.3) is 0 Å². The van der Waals surface area contributed by atoms with Crippen LogP contribution in [-0.4, -0.2) is 109 Å². The molecule has 0 aliphatic carbocycles. The lowest BCUT2D eigenvalue weighted by atomic mass is 9.74. The Balaban J connectivity index is 2.09. The first-order valence-electron chi connectivity index (χ1n) is 16.8. The maximum absolute atomic E-state index is 14.2. The Morgan fingerprint density at radius 1 is 1.04 bits per heavy atom. The lowest BCUT2D eigenvalue weighted by Crippen LogP contribution is -2.58. The average Bonchev–Trinajstić information content (AvgIpc) is 3.28. The van der Waals surface area contributed by atoms with Gasteiger partial charge < -0.3 is 28.6 Å². The number of ether oxygens (including phenoxy) is 5. The van der Waals surface area contributed by atoms with Gasteiger partial charge in [0.2, 0.25) is 0 Å². The zero-order valence-electron chi connectivity index (χ0n) is 30.1. The lowest BCUT2D eigenvalue weighted by molar-refractivity contribution is -0.282. The van der Waals surface area contributed by atoms with E-state index in [1.807, 2.05) is 32.8 Å². The maximum atomic E-state index is 14.2. The van der Waals surface area contributed by atoms with E-state index in [0.29, 0.717) is 6.42 Å². The molecule has 0 saturated carbocycles. The number of esters is 2. The van der Waals surface area contributed by atoms with Crippen molar-refractivity contribution < 1.29 is 47.7 Å². The van der Waals surface area contributed by atoms with Crippen LogP contribution in [0.1, 0.15) is 81.6 Å². The standard InChI is InChI=1S/C33H53N5O10/c1-12-24-33(9)29(38(15-35-36-34)32(43)48-33)20(6)25(40)16(2)13-17(3)27(19(5)26(41)21(7)30(42)46-24)47-31-28(45-22(8)39)23(37(10)11)14-18(4)44-31/h16-21,23-24,27-29,31H,12-15H2,1-11H3/t16-,17?,18?,19?,20+,21?,23?,24?,27+,28?,29?,31?,33-/m1/s1. The van der Waals surface area contributed by atoms with Gasteiger partial charge in [-0.1, -0.05) is 39.7 Å². The van der Waals surface area contributed by atoms with Crippen molar-refractivity contribution in [1.29, 1.82) is 0 Å². The molecule has 0 aromatic rings. The Labute approximate surface area is 282 Å². The molecule has 3 aliphatic heterocycles. The molecule has 3 rings (SSSR count). The van der Waals surface area contributed by atoms with Gasteiger partial charge in [0.05, 0.1) is 24.3 Å². The minimum atomic E-state index is -1.49. The predicted octanol–water partition coefficient (Wildman–Crippen LogP) is 4.26. The normalized spacial score (nSPS) is 40.0. The molecule has 3 heterocycles. The molecule has 15 heteroatoms. The van der Waals surface area contributed by atoms with Crippen molar-refractivity contribution in [1.82, 2.24) is 9.80 Å². The summed E-state index contributed by atoms with van der Waals surface area (Å²) >= 11 is 0. The van der Waals surface area contributed by atoms with Gasteiger partial charge in [0.1, 0.15) is 24.5 Å². The van der Waals surface area contributed by atoms with Crippen LogP contribution in [0.4, 0.5) is 4.79 Å². The fourth-order valence-corrected chi connectivity index (χ4v) is 7.78. The molecule has 3 aliphatic rings. The summed E-state index contributed by atoms with van der Waals surface area (Å²) in [7, 11) is 3.75. The van der Waals surface area contributed by atoms with E-state index in [-0.39, 0.29) is 37.4 Å². The number of Topliss-reactive ketones (excluding diaryl/α,β-unsaturated/α-hetero) is 2. The molecule has 9 unspecified atom stereocenters. The minimum Gasteiger partial charge on any atom is -0.458 e. The first-order valence-corrected chi connectivity index (χ1v) is 16.8. The first kappa shape index (κ1) is 39.2. The number of carbonyl (C=O) groups excluding carboxylic acids is 5. The highest BCUT2D eigenvalue weighted by molar-refractivity contribution is 6.00. The number of ketones is 2. The number of cyclic esters (lactones) is 1. The van der Waals surface area contributed by atoms with Gasteiger partial charge in [0, 0.05) is 29.6 Å². The van der Waals surface area contributed by atoms with Crippen LogP contribution in [0.5, 0.6) is 0 Å². The number of amides is 1. The van der Waals surface area contributed by atoms with Crippen molar-refractivity contribution in [3.8, 4) is 0 Å². The fraction of sp³-hybridized carbons (Fsp3) is 0.848. The summed E-state index contributed by atoms with van der Waals surface area (Å²) in [6.45, 7) is 14.6. The van der Waals surface area contributed by atoms with Crippen LogP contribution in [0.2, 0.25) is 0 Å². The van der Waals surface area contributed by atoms with Crippen LogP contribution < -0.4 is 0 Å². The van der Waals surface area contributed by atoms with E-state index in [1.165, 1.54) is 18.7 Å². The molecule has 48 heavy (non-hydrogen) atoms. The molecule has 0 radical (unpaired) electrons. The molecule has 3 saturated heterocycles. The summed E-state index contributed by atoms with van der Waals surface area (Å²) in [6, 6.07) is -1.18. The SMILES string of the molecule is CCC1OC(=O)C(C)C(=O)C(C)[C@@H](OC2OC(C)CC(N(C)C)C2OC(C)=O)C(C)C[C@@H](C)C(=O)[C@H](C)C2N(CN=[N+]=[N-])C(=O)O[C@]12C. The predicted molar refractivity (Wildman–Crippen MR) is 172 cm³/mol. The Hall–Kier alpha value is -3.26. The van der Waals surface area contributed by atoms with Crippen LogP contribution in [0.25, 0.3) is 10.4 Å². The van der Waals surface area contributed by atoms with Gasteiger partial charge >= 0.3 is 18.0 Å². The highest BCUT2D eigenvalue weighted by atomic mass is 16.7. The topological polar surface area (TPSA) is 187 Å². The number of fused-ring (bicyclic) bond motifs is 1. The number of azide groups is 1. The molecule has 15 nitrogen and oxygen atoms in total. The lowest BCUT2D eigenvalue weighted by Gasteiger charge is -2.45. The minimum absolute atomic E-state index is 0.195. The van der Waals surface area contributed by atoms with E-state index < -0.39 is 89.6 Å². The molecule has 1 amide bonds. The van der Waals surface area contributed by atoms with Crippen LogP contribution in [-0.2, 0) is 42.9 Å². The van der Waals surface area contributed by atoms with Crippen molar-refractivity contribution in [3.63, 3.8) is 0 Å². The Morgan fingerprint density at radius 2 is 1.69 bits per heavy atom. The summed E-state index contributed by atoms with van der Waals surface area (Å²) in [5, 5.41) is 3.56. The Kier molecular flexibility index (Phi) is 13.0. The van der Waals surface area contributed by atoms with E-state index >= 15 is 0 Å². The number of hydrogen-bond donors (Lipinski definition) is 0. The molecule has 3 fully saturated rings. The van der Waals surface area contributed by atoms with E-state index in [4.69, 9.17) is 29.2 Å². The second kappa shape index (κ2) is 16.0.